The number of amides is 1. The average Bonchev–Trinajstić information content (AvgIpc) is 2.96. The molecule has 1 heterocycles. The van der Waals surface area contributed by atoms with Crippen LogP contribution in [0.4, 0.5) is 6.01 Å². The quantitative estimate of drug-likeness (QED) is 0.434. The Balaban J connectivity index is 1.68. The summed E-state index contributed by atoms with van der Waals surface area (Å²) in [5, 5.41) is 2.97. The molecule has 0 aliphatic heterocycles. The van der Waals surface area contributed by atoms with E-state index in [9.17, 15) is 4.79 Å². The average molecular weight is 341 g/mol. The van der Waals surface area contributed by atoms with Crippen LogP contribution in [0.15, 0.2) is 64.0 Å². The van der Waals surface area contributed by atoms with Crippen LogP contribution < -0.4 is 11.1 Å². The summed E-state index contributed by atoms with van der Waals surface area (Å²) in [6.07, 6.45) is 2.90. The number of fused-ring (bicyclic) bond motifs is 1. The Bertz CT molecular complexity index is 913. The van der Waals surface area contributed by atoms with E-state index in [-0.39, 0.29) is 12.0 Å². The van der Waals surface area contributed by atoms with E-state index < -0.39 is 5.91 Å². The second-order valence-corrected chi connectivity index (χ2v) is 5.21. The molecule has 3 rings (SSSR count). The summed E-state index contributed by atoms with van der Waals surface area (Å²) in [7, 11) is 0. The second kappa shape index (κ2) is 6.97. The van der Waals surface area contributed by atoms with Crippen molar-refractivity contribution in [1.29, 1.82) is 0 Å². The van der Waals surface area contributed by atoms with Gasteiger partial charge in [0, 0.05) is 11.1 Å². The van der Waals surface area contributed by atoms with Gasteiger partial charge in [0.1, 0.15) is 5.52 Å². The van der Waals surface area contributed by atoms with Crippen molar-refractivity contribution in [2.75, 3.05) is 0 Å². The Kier molecular flexibility index (Phi) is 4.58. The first-order valence-electron chi connectivity index (χ1n) is 7.05. The van der Waals surface area contributed by atoms with Gasteiger partial charge >= 0.3 is 6.01 Å². The zero-order chi connectivity index (χ0) is 16.9. The third-order valence-corrected chi connectivity index (χ3v) is 3.41. The Morgan fingerprint density at radius 3 is 2.75 bits per heavy atom. The Hall–Kier alpha value is -3.12. The number of nitrogens with one attached hydrogen (secondary N) is 1. The summed E-state index contributed by atoms with van der Waals surface area (Å²) < 4.78 is 5.40. The Morgan fingerprint density at radius 1 is 1.21 bits per heavy atom. The number of carbonyl (C=O) groups excluding carboxylic acids is 1. The lowest BCUT2D eigenvalue weighted by atomic mass is 10.2. The molecule has 3 N–H and O–H groups in total. The molecule has 24 heavy (non-hydrogen) atoms. The predicted octanol–water partition coefficient (Wildman–Crippen LogP) is 3.26. The second-order valence-electron chi connectivity index (χ2n) is 4.81. The zero-order valence-electron chi connectivity index (χ0n) is 12.4. The van der Waals surface area contributed by atoms with E-state index in [1.54, 1.807) is 30.3 Å². The van der Waals surface area contributed by atoms with E-state index in [1.165, 1.54) is 6.08 Å². The fourth-order valence-electron chi connectivity index (χ4n) is 1.98. The largest absolute Gasteiger partial charge is 0.422 e. The number of nitrogens with two attached hydrogens (primary N) is 1. The number of aliphatic imine (C=N–C) groups is 1. The van der Waals surface area contributed by atoms with Crippen LogP contribution in [0.3, 0.4) is 0 Å². The number of aromatic nitrogens is 1. The fourth-order valence-corrected chi connectivity index (χ4v) is 2.18. The molecule has 0 aliphatic rings. The standard InChI is InChI=1S/C17H13ClN4O2/c18-12-6-2-1-5-11(12)9-10-15(23)21-16(19)22-17-20-13-7-3-4-8-14(13)24-17/h1-10H,(H3,19,20,21,22,23)/b10-9+. The van der Waals surface area contributed by atoms with Gasteiger partial charge in [0.25, 0.3) is 5.91 Å². The molecule has 0 bridgehead atoms. The highest BCUT2D eigenvalue weighted by molar-refractivity contribution is 6.32. The van der Waals surface area contributed by atoms with Gasteiger partial charge < -0.3 is 10.2 Å². The van der Waals surface area contributed by atoms with E-state index in [1.807, 2.05) is 24.3 Å². The minimum absolute atomic E-state index is 0.0732. The van der Waals surface area contributed by atoms with Gasteiger partial charge in [0.2, 0.25) is 5.96 Å². The van der Waals surface area contributed by atoms with E-state index in [4.69, 9.17) is 21.8 Å². The highest BCUT2D eigenvalue weighted by Gasteiger charge is 2.05. The normalized spacial score (nSPS) is 12.0. The van der Waals surface area contributed by atoms with Gasteiger partial charge in [-0.3, -0.25) is 10.1 Å². The fraction of sp³-hybridized carbons (Fsp3) is 0. The molecule has 0 spiro atoms. The van der Waals surface area contributed by atoms with Crippen LogP contribution in [0.2, 0.25) is 5.02 Å². The summed E-state index contributed by atoms with van der Waals surface area (Å²) in [6, 6.07) is 14.5. The number of oxazole rings is 1. The predicted molar refractivity (Wildman–Crippen MR) is 93.9 cm³/mol. The first kappa shape index (κ1) is 15.8. The molecule has 7 heteroatoms. The molecule has 120 valence electrons. The lowest BCUT2D eigenvalue weighted by Gasteiger charge is -1.99. The summed E-state index contributed by atoms with van der Waals surface area (Å²) in [6.45, 7) is 0. The van der Waals surface area contributed by atoms with Gasteiger partial charge in [0.05, 0.1) is 0 Å². The SMILES string of the molecule is NC(=Nc1nc2ccccc2o1)NC(=O)/C=C/c1ccccc1Cl. The lowest BCUT2D eigenvalue weighted by Crippen LogP contribution is -2.35. The maximum Gasteiger partial charge on any atom is 0.325 e. The van der Waals surface area contributed by atoms with Crippen LogP contribution in [-0.2, 0) is 4.79 Å². The van der Waals surface area contributed by atoms with Gasteiger partial charge in [-0.1, -0.05) is 41.9 Å². The maximum atomic E-state index is 11.8. The summed E-state index contributed by atoms with van der Waals surface area (Å²) in [5.41, 5.74) is 7.66. The van der Waals surface area contributed by atoms with Crippen molar-refractivity contribution < 1.29 is 9.21 Å². The molecule has 1 aromatic heterocycles. The molecule has 0 atom stereocenters. The minimum Gasteiger partial charge on any atom is -0.422 e. The van der Waals surface area contributed by atoms with Crippen LogP contribution >= 0.6 is 11.6 Å². The zero-order valence-corrected chi connectivity index (χ0v) is 13.2. The number of rotatable bonds is 3. The number of nitrogens with zero attached hydrogens (tertiary/aromatic N) is 2. The van der Waals surface area contributed by atoms with Crippen molar-refractivity contribution in [3.63, 3.8) is 0 Å². The van der Waals surface area contributed by atoms with Gasteiger partial charge in [-0.2, -0.15) is 9.98 Å². The minimum atomic E-state index is -0.438. The van der Waals surface area contributed by atoms with Crippen molar-refractivity contribution in [2.24, 2.45) is 10.7 Å². The molecule has 0 unspecified atom stereocenters. The van der Waals surface area contributed by atoms with Crippen molar-refractivity contribution in [3.05, 3.63) is 65.2 Å². The number of guanidine groups is 1. The number of carbonyl (C=O) groups is 1. The number of halogens is 1. The van der Waals surface area contributed by atoms with Crippen LogP contribution in [0.5, 0.6) is 0 Å². The number of benzene rings is 2. The highest BCUT2D eigenvalue weighted by Crippen LogP contribution is 2.20. The topological polar surface area (TPSA) is 93.5 Å². The summed E-state index contributed by atoms with van der Waals surface area (Å²) in [4.78, 5) is 19.9. The molecule has 0 aliphatic carbocycles. The van der Waals surface area contributed by atoms with Crippen LogP contribution in [0, 0.1) is 0 Å². The van der Waals surface area contributed by atoms with E-state index in [2.05, 4.69) is 15.3 Å². The van der Waals surface area contributed by atoms with Crippen LogP contribution in [0.1, 0.15) is 5.56 Å². The van der Waals surface area contributed by atoms with Crippen molar-refractivity contribution in [2.45, 2.75) is 0 Å². The third kappa shape index (κ3) is 3.80. The molecular formula is C17H13ClN4O2. The Morgan fingerprint density at radius 2 is 1.96 bits per heavy atom. The molecule has 3 aromatic rings. The molecule has 6 nitrogen and oxygen atoms in total. The molecule has 0 saturated heterocycles. The van der Waals surface area contributed by atoms with Crippen LogP contribution in [0.25, 0.3) is 17.2 Å². The van der Waals surface area contributed by atoms with Gasteiger partial charge in [-0.25, -0.2) is 0 Å². The number of hydrogen-bond acceptors (Lipinski definition) is 4. The molecule has 2 aromatic carbocycles. The molecule has 0 fully saturated rings. The van der Waals surface area contributed by atoms with Crippen molar-refractivity contribution in [1.82, 2.24) is 10.3 Å². The van der Waals surface area contributed by atoms with Crippen LogP contribution in [-0.4, -0.2) is 16.9 Å². The summed E-state index contributed by atoms with van der Waals surface area (Å²) in [5.74, 6) is -0.553. The van der Waals surface area contributed by atoms with Crippen molar-refractivity contribution >= 4 is 46.7 Å². The Labute approximate surface area is 142 Å². The van der Waals surface area contributed by atoms with Gasteiger partial charge in [-0.15, -0.1) is 0 Å². The monoisotopic (exact) mass is 340 g/mol. The number of para-hydroxylation sites is 2. The van der Waals surface area contributed by atoms with Gasteiger partial charge in [-0.05, 0) is 29.8 Å². The lowest BCUT2D eigenvalue weighted by molar-refractivity contribution is -0.115. The molecule has 1 amide bonds. The maximum absolute atomic E-state index is 11.8. The highest BCUT2D eigenvalue weighted by atomic mass is 35.5. The van der Waals surface area contributed by atoms with E-state index in [0.29, 0.717) is 16.1 Å². The first-order chi connectivity index (χ1) is 11.6. The first-order valence-corrected chi connectivity index (χ1v) is 7.43. The summed E-state index contributed by atoms with van der Waals surface area (Å²) >= 11 is 6.01. The molecule has 0 radical (unpaired) electrons. The van der Waals surface area contributed by atoms with E-state index in [0.717, 1.165) is 5.56 Å². The third-order valence-electron chi connectivity index (χ3n) is 3.07. The molecular weight excluding hydrogens is 328 g/mol. The van der Waals surface area contributed by atoms with Crippen molar-refractivity contribution in [3.8, 4) is 0 Å². The van der Waals surface area contributed by atoms with Gasteiger partial charge in [0.15, 0.2) is 5.58 Å². The number of hydrogen-bond donors (Lipinski definition) is 2. The smallest absolute Gasteiger partial charge is 0.325 e. The van der Waals surface area contributed by atoms with E-state index >= 15 is 0 Å². The molecule has 0 saturated carbocycles.